The molecule has 4 heteroatoms. The van der Waals surface area contributed by atoms with Crippen molar-refractivity contribution >= 4 is 11.6 Å². The van der Waals surface area contributed by atoms with Gasteiger partial charge in [0.1, 0.15) is 18.5 Å². The molecule has 0 heterocycles. The number of nitrogens with one attached hydrogen (secondary N) is 1. The summed E-state index contributed by atoms with van der Waals surface area (Å²) in [6, 6.07) is 15.8. The highest BCUT2D eigenvalue weighted by molar-refractivity contribution is 6.31. The van der Waals surface area contributed by atoms with Crippen molar-refractivity contribution in [2.75, 3.05) is 13.2 Å². The lowest BCUT2D eigenvalue weighted by Gasteiger charge is -2.18. The molecule has 0 saturated heterocycles. The Morgan fingerprint density at radius 3 is 2.59 bits per heavy atom. The fourth-order valence-corrected chi connectivity index (χ4v) is 2.25. The van der Waals surface area contributed by atoms with Gasteiger partial charge in [-0.15, -0.1) is 0 Å². The molecule has 0 radical (unpaired) electrons. The third-order valence-corrected chi connectivity index (χ3v) is 3.96. The zero-order valence-electron chi connectivity index (χ0n) is 12.9. The van der Waals surface area contributed by atoms with Crippen LogP contribution in [0.15, 0.2) is 48.5 Å². The van der Waals surface area contributed by atoms with Crippen molar-refractivity contribution in [1.29, 1.82) is 0 Å². The monoisotopic (exact) mass is 319 g/mol. The molecule has 2 N–H and O–H groups in total. The highest BCUT2D eigenvalue weighted by Crippen LogP contribution is 2.21. The number of hydrogen-bond donors (Lipinski definition) is 2. The molecule has 3 nitrogen and oxygen atoms in total. The third-order valence-electron chi connectivity index (χ3n) is 3.53. The normalized spacial score (nSPS) is 13.6. The molecule has 0 saturated carbocycles. The maximum Gasteiger partial charge on any atom is 0.119 e. The lowest BCUT2D eigenvalue weighted by molar-refractivity contribution is 0.104. The molecule has 0 spiro atoms. The van der Waals surface area contributed by atoms with Gasteiger partial charge in [0.2, 0.25) is 0 Å². The Hall–Kier alpha value is -1.55. The molecule has 22 heavy (non-hydrogen) atoms. The summed E-state index contributed by atoms with van der Waals surface area (Å²) >= 11 is 5.97. The lowest BCUT2D eigenvalue weighted by atomic mass is 10.1. The van der Waals surface area contributed by atoms with Crippen LogP contribution in [0.3, 0.4) is 0 Å². The maximum absolute atomic E-state index is 10.0. The minimum absolute atomic E-state index is 0.189. The molecular formula is C18H22ClNO2. The van der Waals surface area contributed by atoms with E-state index in [0.29, 0.717) is 11.6 Å². The first-order valence-electron chi connectivity index (χ1n) is 7.41. The molecule has 0 fully saturated rings. The Balaban J connectivity index is 1.76. The van der Waals surface area contributed by atoms with Crippen molar-refractivity contribution in [3.8, 4) is 5.75 Å². The van der Waals surface area contributed by atoms with Crippen LogP contribution in [0.4, 0.5) is 0 Å². The smallest absolute Gasteiger partial charge is 0.119 e. The van der Waals surface area contributed by atoms with Gasteiger partial charge in [-0.05, 0) is 43.2 Å². The number of rotatable bonds is 7. The second-order valence-corrected chi connectivity index (χ2v) is 5.82. The second kappa shape index (κ2) is 8.18. The summed E-state index contributed by atoms with van der Waals surface area (Å²) < 4.78 is 5.59. The summed E-state index contributed by atoms with van der Waals surface area (Å²) in [5, 5.41) is 14.0. The molecule has 118 valence electrons. The Bertz CT molecular complexity index is 589. The summed E-state index contributed by atoms with van der Waals surface area (Å²) in [5.41, 5.74) is 2.16. The minimum Gasteiger partial charge on any atom is -0.491 e. The van der Waals surface area contributed by atoms with Crippen LogP contribution in [-0.4, -0.2) is 24.4 Å². The van der Waals surface area contributed by atoms with Crippen LogP contribution in [-0.2, 0) is 0 Å². The van der Waals surface area contributed by atoms with E-state index in [1.54, 1.807) is 6.07 Å². The molecule has 2 aromatic carbocycles. The number of hydrogen-bond acceptors (Lipinski definition) is 3. The highest BCUT2D eigenvalue weighted by atomic mass is 35.5. The van der Waals surface area contributed by atoms with Crippen molar-refractivity contribution in [2.24, 2.45) is 0 Å². The van der Waals surface area contributed by atoms with E-state index in [1.165, 1.54) is 5.56 Å². The molecule has 0 aliphatic carbocycles. The van der Waals surface area contributed by atoms with Gasteiger partial charge in [-0.1, -0.05) is 41.9 Å². The molecular weight excluding hydrogens is 298 g/mol. The zero-order valence-corrected chi connectivity index (χ0v) is 13.7. The number of aryl methyl sites for hydroxylation is 1. The predicted octanol–water partition coefficient (Wildman–Crippen LogP) is 3.74. The van der Waals surface area contributed by atoms with Gasteiger partial charge in [0, 0.05) is 17.6 Å². The van der Waals surface area contributed by atoms with Crippen molar-refractivity contribution in [1.82, 2.24) is 5.32 Å². The second-order valence-electron chi connectivity index (χ2n) is 5.42. The fourth-order valence-electron chi connectivity index (χ4n) is 2.13. The molecule has 0 amide bonds. The molecule has 0 aromatic heterocycles. The van der Waals surface area contributed by atoms with E-state index in [1.807, 2.05) is 37.3 Å². The summed E-state index contributed by atoms with van der Waals surface area (Å²) in [6.07, 6.45) is -0.567. The van der Waals surface area contributed by atoms with E-state index in [0.717, 1.165) is 11.3 Å². The third kappa shape index (κ3) is 5.02. The van der Waals surface area contributed by atoms with Crippen LogP contribution >= 0.6 is 11.6 Å². The average molecular weight is 320 g/mol. The summed E-state index contributed by atoms with van der Waals surface area (Å²) in [6.45, 7) is 4.72. The first kappa shape index (κ1) is 16.8. The van der Waals surface area contributed by atoms with Crippen LogP contribution in [0.1, 0.15) is 24.1 Å². The van der Waals surface area contributed by atoms with Gasteiger partial charge in [0.25, 0.3) is 0 Å². The van der Waals surface area contributed by atoms with Gasteiger partial charge >= 0.3 is 0 Å². The summed E-state index contributed by atoms with van der Waals surface area (Å²) in [5.74, 6) is 0.719. The van der Waals surface area contributed by atoms with Gasteiger partial charge < -0.3 is 15.2 Å². The van der Waals surface area contributed by atoms with Crippen molar-refractivity contribution in [2.45, 2.75) is 26.0 Å². The van der Waals surface area contributed by atoms with Crippen molar-refractivity contribution < 1.29 is 9.84 Å². The topological polar surface area (TPSA) is 41.5 Å². The van der Waals surface area contributed by atoms with Crippen LogP contribution in [0.5, 0.6) is 5.75 Å². The van der Waals surface area contributed by atoms with Crippen LogP contribution < -0.4 is 10.1 Å². The van der Waals surface area contributed by atoms with Gasteiger partial charge in [0.15, 0.2) is 0 Å². The van der Waals surface area contributed by atoms with Crippen molar-refractivity contribution in [3.63, 3.8) is 0 Å². The number of ether oxygens (including phenoxy) is 1. The SMILES string of the molecule is Cc1cc(OC[C@@H](O)CN[C@@H](C)c2ccccc2)ccc1Cl. The van der Waals surface area contributed by atoms with Crippen LogP contribution in [0.2, 0.25) is 5.02 Å². The lowest BCUT2D eigenvalue weighted by Crippen LogP contribution is -2.33. The van der Waals surface area contributed by atoms with E-state index in [2.05, 4.69) is 24.4 Å². The number of aliphatic hydroxyl groups excluding tert-OH is 1. The molecule has 0 bridgehead atoms. The minimum atomic E-state index is -0.567. The number of benzene rings is 2. The highest BCUT2D eigenvalue weighted by Gasteiger charge is 2.09. The van der Waals surface area contributed by atoms with Gasteiger partial charge in [0.05, 0.1) is 0 Å². The van der Waals surface area contributed by atoms with E-state index in [9.17, 15) is 5.11 Å². The molecule has 2 rings (SSSR count). The van der Waals surface area contributed by atoms with E-state index in [4.69, 9.17) is 16.3 Å². The Labute approximate surface area is 136 Å². The molecule has 0 unspecified atom stereocenters. The largest absolute Gasteiger partial charge is 0.491 e. The number of aliphatic hydroxyl groups is 1. The fraction of sp³-hybridized carbons (Fsp3) is 0.333. The quantitative estimate of drug-likeness (QED) is 0.817. The van der Waals surface area contributed by atoms with Crippen LogP contribution in [0.25, 0.3) is 0 Å². The van der Waals surface area contributed by atoms with Gasteiger partial charge in [-0.3, -0.25) is 0 Å². The molecule has 0 aliphatic rings. The van der Waals surface area contributed by atoms with Crippen molar-refractivity contribution in [3.05, 3.63) is 64.7 Å². The zero-order chi connectivity index (χ0) is 15.9. The Morgan fingerprint density at radius 1 is 1.18 bits per heavy atom. The molecule has 2 aromatic rings. The summed E-state index contributed by atoms with van der Waals surface area (Å²) in [4.78, 5) is 0. The average Bonchev–Trinajstić information content (AvgIpc) is 2.54. The molecule has 0 aliphatic heterocycles. The first-order valence-corrected chi connectivity index (χ1v) is 7.79. The predicted molar refractivity (Wildman–Crippen MR) is 90.6 cm³/mol. The van der Waals surface area contributed by atoms with Gasteiger partial charge in [-0.2, -0.15) is 0 Å². The van der Waals surface area contributed by atoms with E-state index < -0.39 is 6.10 Å². The van der Waals surface area contributed by atoms with Gasteiger partial charge in [-0.25, -0.2) is 0 Å². The maximum atomic E-state index is 10.0. The standard InChI is InChI=1S/C18H22ClNO2/c1-13-10-17(8-9-18(13)19)22-12-16(21)11-20-14(2)15-6-4-3-5-7-15/h3-10,14,16,20-21H,11-12H2,1-2H3/t14-,16-/m0/s1. The van der Waals surface area contributed by atoms with Crippen LogP contribution in [0, 0.1) is 6.92 Å². The van der Waals surface area contributed by atoms with E-state index in [-0.39, 0.29) is 12.6 Å². The first-order chi connectivity index (χ1) is 10.6. The Kier molecular flexibility index (Phi) is 6.25. The number of halogens is 1. The van der Waals surface area contributed by atoms with E-state index >= 15 is 0 Å². The Morgan fingerprint density at radius 2 is 1.91 bits per heavy atom. The molecule has 2 atom stereocenters. The summed E-state index contributed by atoms with van der Waals surface area (Å²) in [7, 11) is 0.